The van der Waals surface area contributed by atoms with Crippen LogP contribution in [-0.2, 0) is 0 Å². The molecule has 0 aromatic heterocycles. The van der Waals surface area contributed by atoms with E-state index in [1.165, 1.54) is 38.8 Å². The van der Waals surface area contributed by atoms with Crippen molar-refractivity contribution in [2.75, 3.05) is 13.1 Å². The fourth-order valence-electron chi connectivity index (χ4n) is 2.03. The molecule has 2 N–H and O–H groups in total. The third kappa shape index (κ3) is 0.956. The van der Waals surface area contributed by atoms with Gasteiger partial charge in [-0.25, -0.2) is 0 Å². The van der Waals surface area contributed by atoms with Gasteiger partial charge in [0.1, 0.15) is 0 Å². The quantitative estimate of drug-likeness (QED) is 0.577. The maximum atomic E-state index is 5.86. The molecule has 0 radical (unpaired) electrons. The van der Waals surface area contributed by atoms with Crippen LogP contribution in [0.5, 0.6) is 0 Å². The van der Waals surface area contributed by atoms with Crippen LogP contribution in [0.2, 0.25) is 0 Å². The van der Waals surface area contributed by atoms with Crippen LogP contribution in [0.4, 0.5) is 0 Å². The van der Waals surface area contributed by atoms with Crippen LogP contribution >= 0.6 is 0 Å². The molecule has 2 heteroatoms. The van der Waals surface area contributed by atoms with E-state index in [0.717, 1.165) is 6.04 Å². The first-order valence-corrected chi connectivity index (χ1v) is 4.37. The molecule has 1 heterocycles. The number of hydrogen-bond donors (Lipinski definition) is 1. The highest BCUT2D eigenvalue weighted by molar-refractivity contribution is 4.93. The van der Waals surface area contributed by atoms with Crippen LogP contribution in [0.15, 0.2) is 0 Å². The maximum Gasteiger partial charge on any atom is 0.0247 e. The van der Waals surface area contributed by atoms with Crippen molar-refractivity contribution in [2.24, 2.45) is 5.73 Å². The largest absolute Gasteiger partial charge is 0.326 e. The molecule has 10 heavy (non-hydrogen) atoms. The predicted octanol–water partition coefficient (Wildman–Crippen LogP) is 0.572. The van der Waals surface area contributed by atoms with Crippen molar-refractivity contribution in [1.82, 2.24) is 4.90 Å². The van der Waals surface area contributed by atoms with Crippen molar-refractivity contribution < 1.29 is 0 Å². The smallest absolute Gasteiger partial charge is 0.0247 e. The lowest BCUT2D eigenvalue weighted by atomic mass is 9.86. The first-order valence-electron chi connectivity index (χ1n) is 4.37. The molecule has 2 aliphatic rings. The van der Waals surface area contributed by atoms with Gasteiger partial charge in [-0.15, -0.1) is 0 Å². The molecular formula is C8H16N2. The van der Waals surface area contributed by atoms with Crippen LogP contribution in [0.3, 0.4) is 0 Å². The first-order chi connectivity index (χ1) is 4.88. The fraction of sp³-hybridized carbons (Fsp3) is 1.00. The number of likely N-dealkylation sites (tertiary alicyclic amines) is 1. The average Bonchev–Trinajstić information content (AvgIpc) is 2.37. The Bertz CT molecular complexity index is 118. The van der Waals surface area contributed by atoms with Gasteiger partial charge in [0, 0.05) is 12.1 Å². The first kappa shape index (κ1) is 6.62. The van der Waals surface area contributed by atoms with E-state index >= 15 is 0 Å². The van der Waals surface area contributed by atoms with Gasteiger partial charge in [-0.3, -0.25) is 4.90 Å². The van der Waals surface area contributed by atoms with E-state index in [0.29, 0.717) is 6.04 Å². The molecule has 0 amide bonds. The van der Waals surface area contributed by atoms with Crippen LogP contribution in [0, 0.1) is 0 Å². The van der Waals surface area contributed by atoms with Gasteiger partial charge >= 0.3 is 0 Å². The van der Waals surface area contributed by atoms with E-state index < -0.39 is 0 Å². The zero-order valence-electron chi connectivity index (χ0n) is 6.42. The van der Waals surface area contributed by atoms with Gasteiger partial charge < -0.3 is 5.73 Å². The van der Waals surface area contributed by atoms with E-state index in [2.05, 4.69) is 4.90 Å². The van der Waals surface area contributed by atoms with Crippen molar-refractivity contribution in [3.05, 3.63) is 0 Å². The molecule has 0 aromatic carbocycles. The van der Waals surface area contributed by atoms with Crippen molar-refractivity contribution in [1.29, 1.82) is 0 Å². The topological polar surface area (TPSA) is 29.3 Å². The molecule has 58 valence electrons. The Morgan fingerprint density at radius 2 is 1.80 bits per heavy atom. The summed E-state index contributed by atoms with van der Waals surface area (Å²) in [5.41, 5.74) is 5.86. The lowest BCUT2D eigenvalue weighted by molar-refractivity contribution is 0.131. The zero-order chi connectivity index (χ0) is 6.97. The highest BCUT2D eigenvalue weighted by Gasteiger charge is 2.33. The minimum atomic E-state index is 0.498. The molecule has 2 atom stereocenters. The van der Waals surface area contributed by atoms with E-state index in [9.17, 15) is 0 Å². The minimum absolute atomic E-state index is 0.498. The molecule has 1 saturated heterocycles. The summed E-state index contributed by atoms with van der Waals surface area (Å²) in [6, 6.07) is 1.25. The van der Waals surface area contributed by atoms with Gasteiger partial charge in [0.25, 0.3) is 0 Å². The number of nitrogens with two attached hydrogens (primary N) is 1. The van der Waals surface area contributed by atoms with Crippen molar-refractivity contribution >= 4 is 0 Å². The lowest BCUT2D eigenvalue weighted by Crippen LogP contribution is -2.53. The van der Waals surface area contributed by atoms with Gasteiger partial charge in [0.2, 0.25) is 0 Å². The van der Waals surface area contributed by atoms with E-state index in [-0.39, 0.29) is 0 Å². The van der Waals surface area contributed by atoms with E-state index in [1.807, 2.05) is 0 Å². The third-order valence-electron chi connectivity index (χ3n) is 2.90. The Kier molecular flexibility index (Phi) is 1.66. The van der Waals surface area contributed by atoms with Crippen molar-refractivity contribution in [2.45, 2.75) is 37.8 Å². The van der Waals surface area contributed by atoms with Gasteiger partial charge in [0.15, 0.2) is 0 Å². The van der Waals surface area contributed by atoms with Gasteiger partial charge in [0.05, 0.1) is 0 Å². The fourth-order valence-corrected chi connectivity index (χ4v) is 2.03. The van der Waals surface area contributed by atoms with Gasteiger partial charge in [-0.05, 0) is 38.8 Å². The SMILES string of the molecule is N[C@@H]1CC[C@H]1N1CCCC1. The second-order valence-electron chi connectivity index (χ2n) is 3.55. The maximum absolute atomic E-state index is 5.86. The summed E-state index contributed by atoms with van der Waals surface area (Å²) in [5.74, 6) is 0. The standard InChI is InChI=1S/C8H16N2/c9-7-3-4-8(7)10-5-1-2-6-10/h7-8H,1-6,9H2/t7-,8-/m1/s1. The second kappa shape index (κ2) is 2.51. The molecule has 2 rings (SSSR count). The van der Waals surface area contributed by atoms with E-state index in [1.54, 1.807) is 0 Å². The molecular weight excluding hydrogens is 124 g/mol. The highest BCUT2D eigenvalue weighted by atomic mass is 15.2. The molecule has 2 nitrogen and oxygen atoms in total. The molecule has 0 bridgehead atoms. The highest BCUT2D eigenvalue weighted by Crippen LogP contribution is 2.26. The van der Waals surface area contributed by atoms with Crippen LogP contribution in [-0.4, -0.2) is 30.1 Å². The van der Waals surface area contributed by atoms with Gasteiger partial charge in [-0.2, -0.15) is 0 Å². The van der Waals surface area contributed by atoms with Gasteiger partial charge in [-0.1, -0.05) is 0 Å². The van der Waals surface area contributed by atoms with Crippen LogP contribution < -0.4 is 5.73 Å². The summed E-state index contributed by atoms with van der Waals surface area (Å²) in [5, 5.41) is 0. The number of rotatable bonds is 1. The Balaban J connectivity index is 1.86. The molecule has 0 unspecified atom stereocenters. The molecule has 2 fully saturated rings. The van der Waals surface area contributed by atoms with Crippen molar-refractivity contribution in [3.8, 4) is 0 Å². The van der Waals surface area contributed by atoms with E-state index in [4.69, 9.17) is 5.73 Å². The Morgan fingerprint density at radius 3 is 2.20 bits per heavy atom. The second-order valence-corrected chi connectivity index (χ2v) is 3.55. The Labute approximate surface area is 62.4 Å². The Hall–Kier alpha value is -0.0800. The minimum Gasteiger partial charge on any atom is -0.326 e. The molecule has 0 spiro atoms. The van der Waals surface area contributed by atoms with Crippen LogP contribution in [0.25, 0.3) is 0 Å². The normalized spacial score (nSPS) is 41.7. The van der Waals surface area contributed by atoms with Crippen LogP contribution in [0.1, 0.15) is 25.7 Å². The summed E-state index contributed by atoms with van der Waals surface area (Å²) < 4.78 is 0. The predicted molar refractivity (Wildman–Crippen MR) is 41.8 cm³/mol. The monoisotopic (exact) mass is 140 g/mol. The van der Waals surface area contributed by atoms with Crippen molar-refractivity contribution in [3.63, 3.8) is 0 Å². The lowest BCUT2D eigenvalue weighted by Gasteiger charge is -2.40. The average molecular weight is 140 g/mol. The number of hydrogen-bond acceptors (Lipinski definition) is 2. The number of nitrogens with zero attached hydrogens (tertiary/aromatic N) is 1. The summed E-state index contributed by atoms with van der Waals surface area (Å²) in [6.07, 6.45) is 5.38. The summed E-state index contributed by atoms with van der Waals surface area (Å²) in [4.78, 5) is 2.56. The summed E-state index contributed by atoms with van der Waals surface area (Å²) in [7, 11) is 0. The molecule has 1 saturated carbocycles. The zero-order valence-corrected chi connectivity index (χ0v) is 6.42. The summed E-state index contributed by atoms with van der Waals surface area (Å²) in [6.45, 7) is 2.61. The molecule has 1 aliphatic carbocycles. The Morgan fingerprint density at radius 1 is 1.10 bits per heavy atom. The third-order valence-corrected chi connectivity index (χ3v) is 2.90. The summed E-state index contributed by atoms with van der Waals surface area (Å²) >= 11 is 0. The molecule has 0 aromatic rings. The molecule has 1 aliphatic heterocycles.